The van der Waals surface area contributed by atoms with Gasteiger partial charge < -0.3 is 8.94 Å². The molecule has 1 aromatic heterocycles. The molecule has 3 rings (SSSR count). The van der Waals surface area contributed by atoms with Gasteiger partial charge in [0.1, 0.15) is 6.26 Å². The molecule has 2 aromatic carbocycles. The van der Waals surface area contributed by atoms with Gasteiger partial charge in [-0.1, -0.05) is 60.7 Å². The van der Waals surface area contributed by atoms with Crippen LogP contribution in [-0.4, -0.2) is 5.97 Å². The van der Waals surface area contributed by atoms with E-state index >= 15 is 0 Å². The molecule has 0 amide bonds. The van der Waals surface area contributed by atoms with E-state index in [0.717, 1.165) is 10.6 Å². The maximum absolute atomic E-state index is 12.2. The summed E-state index contributed by atoms with van der Waals surface area (Å²) in [7, 11) is -1.19. The monoisotopic (exact) mass is 296 g/mol. The molecule has 0 radical (unpaired) electrons. The van der Waals surface area contributed by atoms with Gasteiger partial charge in [-0.05, 0) is 6.07 Å². The topological polar surface area (TPSA) is 39.4 Å². The van der Waals surface area contributed by atoms with E-state index in [4.69, 9.17) is 8.94 Å². The molecule has 0 aliphatic carbocycles. The minimum Gasteiger partial charge on any atom is -0.472 e. The summed E-state index contributed by atoms with van der Waals surface area (Å²) in [5.74, 6) is -0.373. The van der Waals surface area contributed by atoms with Gasteiger partial charge in [-0.25, -0.2) is 4.79 Å². The smallest absolute Gasteiger partial charge is 0.344 e. The highest BCUT2D eigenvalue weighted by Gasteiger charge is 2.21. The lowest BCUT2D eigenvalue weighted by Crippen LogP contribution is -2.16. The zero-order valence-corrected chi connectivity index (χ0v) is 12.1. The summed E-state index contributed by atoms with van der Waals surface area (Å²) in [6.07, 6.45) is 2.86. The fourth-order valence-corrected chi connectivity index (χ4v) is 3.56. The Kier molecular flexibility index (Phi) is 4.13. The van der Waals surface area contributed by atoms with Gasteiger partial charge in [-0.2, -0.15) is 0 Å². The molecule has 1 heterocycles. The summed E-state index contributed by atoms with van der Waals surface area (Å²) < 4.78 is 10.7. The number of rotatable bonds is 4. The van der Waals surface area contributed by atoms with Gasteiger partial charge in [0.15, 0.2) is 8.15 Å². The maximum atomic E-state index is 12.2. The minimum absolute atomic E-state index is 0.373. The molecular formula is C17H13O3P. The summed E-state index contributed by atoms with van der Waals surface area (Å²) in [6, 6.07) is 21.2. The Bertz CT molecular complexity index is 654. The van der Waals surface area contributed by atoms with Crippen LogP contribution in [0.4, 0.5) is 0 Å². The van der Waals surface area contributed by atoms with Crippen molar-refractivity contribution in [2.24, 2.45) is 0 Å². The van der Waals surface area contributed by atoms with Crippen LogP contribution in [-0.2, 0) is 4.52 Å². The van der Waals surface area contributed by atoms with Crippen molar-refractivity contribution in [2.75, 3.05) is 0 Å². The van der Waals surface area contributed by atoms with Crippen LogP contribution in [0.3, 0.4) is 0 Å². The van der Waals surface area contributed by atoms with Gasteiger partial charge in [0.05, 0.1) is 11.8 Å². The zero-order valence-electron chi connectivity index (χ0n) is 11.2. The first kappa shape index (κ1) is 13.6. The average Bonchev–Trinajstić information content (AvgIpc) is 3.09. The summed E-state index contributed by atoms with van der Waals surface area (Å²) in [5, 5.41) is 1.99. The molecule has 0 unspecified atom stereocenters. The minimum atomic E-state index is -1.19. The second-order valence-corrected chi connectivity index (χ2v) is 6.16. The van der Waals surface area contributed by atoms with Gasteiger partial charge >= 0.3 is 5.97 Å². The first-order valence-electron chi connectivity index (χ1n) is 6.49. The fourth-order valence-electron chi connectivity index (χ4n) is 1.90. The Hall–Kier alpha value is -2.38. The summed E-state index contributed by atoms with van der Waals surface area (Å²) >= 11 is 0. The standard InChI is InChI=1S/C17H13O3P/c18-17(14-11-12-19-13-14)20-21(15-7-3-1-4-8-15)16-9-5-2-6-10-16/h1-13H. The Morgan fingerprint density at radius 3 is 1.90 bits per heavy atom. The average molecular weight is 296 g/mol. The molecule has 0 aliphatic heterocycles. The number of benzene rings is 2. The lowest BCUT2D eigenvalue weighted by molar-refractivity contribution is 0.0758. The SMILES string of the molecule is O=C(OP(c1ccccc1)c1ccccc1)c1ccoc1. The van der Waals surface area contributed by atoms with E-state index in [2.05, 4.69) is 0 Å². The predicted molar refractivity (Wildman–Crippen MR) is 83.2 cm³/mol. The van der Waals surface area contributed by atoms with Crippen molar-refractivity contribution >= 4 is 24.7 Å². The lowest BCUT2D eigenvalue weighted by Gasteiger charge is -2.17. The van der Waals surface area contributed by atoms with E-state index in [9.17, 15) is 4.79 Å². The van der Waals surface area contributed by atoms with E-state index in [0.29, 0.717) is 5.56 Å². The van der Waals surface area contributed by atoms with Crippen molar-refractivity contribution in [2.45, 2.75) is 0 Å². The molecule has 104 valence electrons. The maximum Gasteiger partial charge on any atom is 0.344 e. The van der Waals surface area contributed by atoms with Crippen LogP contribution in [0.1, 0.15) is 10.4 Å². The third-order valence-corrected chi connectivity index (χ3v) is 4.80. The van der Waals surface area contributed by atoms with Crippen molar-refractivity contribution in [3.63, 3.8) is 0 Å². The van der Waals surface area contributed by atoms with Gasteiger partial charge in [0.2, 0.25) is 0 Å². The summed E-state index contributed by atoms with van der Waals surface area (Å²) in [6.45, 7) is 0. The number of hydrogen-bond donors (Lipinski definition) is 0. The van der Waals surface area contributed by atoms with Crippen LogP contribution in [0.5, 0.6) is 0 Å². The highest BCUT2D eigenvalue weighted by molar-refractivity contribution is 7.69. The fraction of sp³-hybridized carbons (Fsp3) is 0. The van der Waals surface area contributed by atoms with Crippen LogP contribution in [0.25, 0.3) is 0 Å². The van der Waals surface area contributed by atoms with E-state index in [1.807, 2.05) is 60.7 Å². The molecule has 3 nitrogen and oxygen atoms in total. The third kappa shape index (κ3) is 3.21. The van der Waals surface area contributed by atoms with Crippen LogP contribution in [0.2, 0.25) is 0 Å². The third-order valence-electron chi connectivity index (χ3n) is 2.91. The second-order valence-electron chi connectivity index (χ2n) is 4.36. The number of carbonyl (C=O) groups excluding carboxylic acids is 1. The molecule has 0 atom stereocenters. The van der Waals surface area contributed by atoms with Crippen molar-refractivity contribution in [3.8, 4) is 0 Å². The number of carbonyl (C=O) groups is 1. The Morgan fingerprint density at radius 2 is 1.43 bits per heavy atom. The van der Waals surface area contributed by atoms with E-state index < -0.39 is 8.15 Å². The zero-order chi connectivity index (χ0) is 14.5. The van der Waals surface area contributed by atoms with Crippen LogP contribution in [0.15, 0.2) is 83.7 Å². The molecule has 0 spiro atoms. The van der Waals surface area contributed by atoms with Crippen LogP contribution >= 0.6 is 8.15 Å². The molecule has 0 saturated heterocycles. The van der Waals surface area contributed by atoms with Crippen molar-refractivity contribution < 1.29 is 13.7 Å². The molecule has 0 fully saturated rings. The second kappa shape index (κ2) is 6.38. The highest BCUT2D eigenvalue weighted by Crippen LogP contribution is 2.35. The van der Waals surface area contributed by atoms with Crippen molar-refractivity contribution in [1.82, 2.24) is 0 Å². The Labute approximate surface area is 124 Å². The summed E-state index contributed by atoms with van der Waals surface area (Å²) in [5.41, 5.74) is 0.425. The van der Waals surface area contributed by atoms with Gasteiger partial charge in [-0.15, -0.1) is 0 Å². The van der Waals surface area contributed by atoms with Crippen molar-refractivity contribution in [3.05, 3.63) is 84.8 Å². The largest absolute Gasteiger partial charge is 0.472 e. The van der Waals surface area contributed by atoms with Crippen LogP contribution in [0, 0.1) is 0 Å². The molecule has 21 heavy (non-hydrogen) atoms. The van der Waals surface area contributed by atoms with Gasteiger partial charge in [0.25, 0.3) is 0 Å². The normalized spacial score (nSPS) is 10.5. The van der Waals surface area contributed by atoms with Crippen molar-refractivity contribution in [1.29, 1.82) is 0 Å². The quantitative estimate of drug-likeness (QED) is 0.692. The molecule has 0 aliphatic rings. The first-order chi connectivity index (χ1) is 10.3. The number of furan rings is 1. The molecule has 0 bridgehead atoms. The Morgan fingerprint density at radius 1 is 0.857 bits per heavy atom. The number of hydrogen-bond acceptors (Lipinski definition) is 3. The van der Waals surface area contributed by atoms with E-state index in [1.54, 1.807) is 6.07 Å². The first-order valence-corrected chi connectivity index (χ1v) is 7.75. The highest BCUT2D eigenvalue weighted by atomic mass is 31.1. The van der Waals surface area contributed by atoms with Gasteiger partial charge in [0, 0.05) is 10.6 Å². The molecule has 3 aromatic rings. The molecular weight excluding hydrogens is 283 g/mol. The molecule has 4 heteroatoms. The molecule has 0 N–H and O–H groups in total. The summed E-state index contributed by atoms with van der Waals surface area (Å²) in [4.78, 5) is 12.2. The van der Waals surface area contributed by atoms with E-state index in [-0.39, 0.29) is 5.97 Å². The van der Waals surface area contributed by atoms with Crippen LogP contribution < -0.4 is 10.6 Å². The predicted octanol–water partition coefficient (Wildman–Crippen LogP) is 3.48. The lowest BCUT2D eigenvalue weighted by atomic mass is 10.4. The van der Waals surface area contributed by atoms with E-state index in [1.165, 1.54) is 12.5 Å². The molecule has 0 saturated carbocycles. The Balaban J connectivity index is 1.92. The van der Waals surface area contributed by atoms with Gasteiger partial charge in [-0.3, -0.25) is 0 Å².